The molecule has 0 radical (unpaired) electrons. The van der Waals surface area contributed by atoms with Crippen LogP contribution in [0.4, 0.5) is 0 Å². The van der Waals surface area contributed by atoms with Gasteiger partial charge in [-0.05, 0) is 17.7 Å². The van der Waals surface area contributed by atoms with E-state index in [1.54, 1.807) is 29.0 Å². The molecule has 0 fully saturated rings. The Morgan fingerprint density at radius 2 is 2.20 bits per heavy atom. The fraction of sp³-hybridized carbons (Fsp3) is 0.300. The smallest absolute Gasteiger partial charge is 0.106 e. The van der Waals surface area contributed by atoms with Crippen molar-refractivity contribution in [3.05, 3.63) is 29.3 Å². The summed E-state index contributed by atoms with van der Waals surface area (Å²) < 4.78 is 1.06. The van der Waals surface area contributed by atoms with E-state index in [9.17, 15) is 10.2 Å². The van der Waals surface area contributed by atoms with Crippen molar-refractivity contribution in [1.29, 1.82) is 0 Å². The summed E-state index contributed by atoms with van der Waals surface area (Å²) in [6, 6.07) is 5.43. The van der Waals surface area contributed by atoms with Crippen LogP contribution < -0.4 is 0 Å². The molecule has 0 aliphatic heterocycles. The number of rotatable bonds is 3. The average Bonchev–Trinajstić information content (AvgIpc) is 2.73. The summed E-state index contributed by atoms with van der Waals surface area (Å²) >= 11 is 7.01. The first-order valence-electron chi connectivity index (χ1n) is 4.47. The first-order valence-corrected chi connectivity index (χ1v) is 5.89. The van der Waals surface area contributed by atoms with E-state index in [-0.39, 0.29) is 5.88 Å². The number of halogens is 1. The van der Waals surface area contributed by atoms with E-state index in [4.69, 9.17) is 11.6 Å². The van der Waals surface area contributed by atoms with E-state index in [0.29, 0.717) is 5.56 Å². The molecule has 15 heavy (non-hydrogen) atoms. The molecule has 2 unspecified atom stereocenters. The third-order valence-corrected chi connectivity index (χ3v) is 3.34. The van der Waals surface area contributed by atoms with Crippen LogP contribution in [0.5, 0.6) is 0 Å². The molecule has 0 amide bonds. The van der Waals surface area contributed by atoms with Gasteiger partial charge in [0.15, 0.2) is 0 Å². The normalized spacial score (nSPS) is 15.4. The Balaban J connectivity index is 2.35. The van der Waals surface area contributed by atoms with E-state index in [1.165, 1.54) is 0 Å². The predicted octanol–water partition coefficient (Wildman–Crippen LogP) is 1.93. The third-order valence-electron chi connectivity index (χ3n) is 2.22. The molecular formula is C10H10ClNO2S. The van der Waals surface area contributed by atoms with Crippen molar-refractivity contribution in [2.24, 2.45) is 0 Å². The Morgan fingerprint density at radius 3 is 2.93 bits per heavy atom. The number of thiazole rings is 1. The van der Waals surface area contributed by atoms with Crippen molar-refractivity contribution >= 4 is 33.2 Å². The number of nitrogens with zero attached hydrogens (tertiary/aromatic N) is 1. The minimum Gasteiger partial charge on any atom is -0.389 e. The van der Waals surface area contributed by atoms with Crippen molar-refractivity contribution in [1.82, 2.24) is 4.98 Å². The summed E-state index contributed by atoms with van der Waals surface area (Å²) in [7, 11) is 0. The van der Waals surface area contributed by atoms with Crippen LogP contribution in [-0.2, 0) is 0 Å². The zero-order valence-electron chi connectivity index (χ0n) is 7.80. The Labute approximate surface area is 96.0 Å². The second-order valence-electron chi connectivity index (χ2n) is 3.25. The van der Waals surface area contributed by atoms with Gasteiger partial charge in [-0.25, -0.2) is 4.98 Å². The van der Waals surface area contributed by atoms with Crippen molar-refractivity contribution in [2.75, 3.05) is 5.88 Å². The lowest BCUT2D eigenvalue weighted by atomic mass is 10.1. The van der Waals surface area contributed by atoms with Crippen molar-refractivity contribution in [2.45, 2.75) is 12.2 Å². The molecule has 80 valence electrons. The molecule has 0 bridgehead atoms. The SMILES string of the molecule is OC(CCl)C(O)c1ccc2scnc2c1. The monoisotopic (exact) mass is 243 g/mol. The maximum Gasteiger partial charge on any atom is 0.106 e. The van der Waals surface area contributed by atoms with E-state index >= 15 is 0 Å². The molecule has 0 aliphatic carbocycles. The molecule has 2 rings (SSSR count). The summed E-state index contributed by atoms with van der Waals surface area (Å²) in [6.45, 7) is 0. The molecule has 0 saturated carbocycles. The van der Waals surface area contributed by atoms with Crippen molar-refractivity contribution in [3.63, 3.8) is 0 Å². The van der Waals surface area contributed by atoms with Gasteiger partial charge in [0.25, 0.3) is 0 Å². The highest BCUT2D eigenvalue weighted by Gasteiger charge is 2.17. The lowest BCUT2D eigenvalue weighted by Crippen LogP contribution is -2.19. The van der Waals surface area contributed by atoms with Gasteiger partial charge >= 0.3 is 0 Å². The van der Waals surface area contributed by atoms with Gasteiger partial charge in [0.1, 0.15) is 6.10 Å². The highest BCUT2D eigenvalue weighted by Crippen LogP contribution is 2.24. The highest BCUT2D eigenvalue weighted by molar-refractivity contribution is 7.16. The Morgan fingerprint density at radius 1 is 1.40 bits per heavy atom. The standard InChI is InChI=1S/C10H10ClNO2S/c11-4-8(13)10(14)6-1-2-9-7(3-6)12-5-15-9/h1-3,5,8,10,13-14H,4H2. The summed E-state index contributed by atoms with van der Waals surface area (Å²) in [5, 5.41) is 19.1. The van der Waals surface area contributed by atoms with Crippen LogP contribution in [0.1, 0.15) is 11.7 Å². The molecule has 3 nitrogen and oxygen atoms in total. The first kappa shape index (κ1) is 10.8. The molecule has 2 aromatic rings. The van der Waals surface area contributed by atoms with Gasteiger partial charge in [-0.3, -0.25) is 0 Å². The minimum absolute atomic E-state index is 0.0102. The quantitative estimate of drug-likeness (QED) is 0.810. The molecule has 1 aromatic heterocycles. The second kappa shape index (κ2) is 4.45. The van der Waals surface area contributed by atoms with Crippen LogP contribution in [0.3, 0.4) is 0 Å². The van der Waals surface area contributed by atoms with Crippen LogP contribution in [0.15, 0.2) is 23.7 Å². The first-order chi connectivity index (χ1) is 7.22. The molecular weight excluding hydrogens is 234 g/mol. The predicted molar refractivity (Wildman–Crippen MR) is 61.3 cm³/mol. The third kappa shape index (κ3) is 2.13. The number of fused-ring (bicyclic) bond motifs is 1. The lowest BCUT2D eigenvalue weighted by molar-refractivity contribution is 0.0328. The lowest BCUT2D eigenvalue weighted by Gasteiger charge is -2.15. The van der Waals surface area contributed by atoms with Gasteiger partial charge in [0.05, 0.1) is 27.7 Å². The molecule has 0 aliphatic rings. The van der Waals surface area contributed by atoms with Gasteiger partial charge < -0.3 is 10.2 Å². The molecule has 1 aromatic carbocycles. The Hall–Kier alpha value is -0.680. The summed E-state index contributed by atoms with van der Waals surface area (Å²) in [5.74, 6) is 0.0102. The molecule has 1 heterocycles. The summed E-state index contributed by atoms with van der Waals surface area (Å²) in [6.07, 6.45) is -1.89. The van der Waals surface area contributed by atoms with Crippen LogP contribution in [-0.4, -0.2) is 27.2 Å². The van der Waals surface area contributed by atoms with Gasteiger partial charge in [0, 0.05) is 0 Å². The zero-order chi connectivity index (χ0) is 10.8. The van der Waals surface area contributed by atoms with E-state index in [2.05, 4.69) is 4.98 Å². The number of alkyl halides is 1. The topological polar surface area (TPSA) is 53.4 Å². The summed E-state index contributed by atoms with van der Waals surface area (Å²) in [4.78, 5) is 4.14. The van der Waals surface area contributed by atoms with Crippen molar-refractivity contribution in [3.8, 4) is 0 Å². The molecule has 0 spiro atoms. The van der Waals surface area contributed by atoms with Gasteiger partial charge in [-0.2, -0.15) is 0 Å². The molecule has 2 N–H and O–H groups in total. The maximum absolute atomic E-state index is 9.73. The van der Waals surface area contributed by atoms with Crippen molar-refractivity contribution < 1.29 is 10.2 Å². The molecule has 0 saturated heterocycles. The Kier molecular flexibility index (Phi) is 3.21. The van der Waals surface area contributed by atoms with Gasteiger partial charge in [0.2, 0.25) is 0 Å². The fourth-order valence-corrected chi connectivity index (χ4v) is 2.19. The number of aliphatic hydroxyl groups is 2. The average molecular weight is 244 g/mol. The van der Waals surface area contributed by atoms with Crippen LogP contribution in [0.2, 0.25) is 0 Å². The number of benzene rings is 1. The van der Waals surface area contributed by atoms with Crippen LogP contribution in [0.25, 0.3) is 10.2 Å². The fourth-order valence-electron chi connectivity index (χ4n) is 1.37. The molecule has 5 heteroatoms. The zero-order valence-corrected chi connectivity index (χ0v) is 9.37. The summed E-state index contributed by atoms with van der Waals surface area (Å²) in [5.41, 5.74) is 3.22. The Bertz CT molecular complexity index is 459. The number of hydrogen-bond acceptors (Lipinski definition) is 4. The maximum atomic E-state index is 9.73. The number of aromatic nitrogens is 1. The number of aliphatic hydroxyl groups excluding tert-OH is 2. The van der Waals surface area contributed by atoms with E-state index < -0.39 is 12.2 Å². The number of hydrogen-bond donors (Lipinski definition) is 2. The highest BCUT2D eigenvalue weighted by atomic mass is 35.5. The minimum atomic E-state index is -0.950. The van der Waals surface area contributed by atoms with Gasteiger partial charge in [-0.15, -0.1) is 22.9 Å². The largest absolute Gasteiger partial charge is 0.389 e. The van der Waals surface area contributed by atoms with Gasteiger partial charge in [-0.1, -0.05) is 6.07 Å². The second-order valence-corrected chi connectivity index (χ2v) is 4.44. The van der Waals surface area contributed by atoms with E-state index in [0.717, 1.165) is 10.2 Å². The van der Waals surface area contributed by atoms with Crippen LogP contribution in [0, 0.1) is 0 Å². The van der Waals surface area contributed by atoms with E-state index in [1.807, 2.05) is 6.07 Å². The molecule has 2 atom stereocenters. The van der Waals surface area contributed by atoms with Crippen LogP contribution >= 0.6 is 22.9 Å².